The summed E-state index contributed by atoms with van der Waals surface area (Å²) in [6.45, 7) is 1.19. The highest BCUT2D eigenvalue weighted by atomic mass is 19.3. The number of pyridine rings is 1. The average molecular weight is 455 g/mol. The molecule has 0 unspecified atom stereocenters. The van der Waals surface area contributed by atoms with Gasteiger partial charge in [0.1, 0.15) is 29.5 Å². The van der Waals surface area contributed by atoms with Crippen LogP contribution in [0, 0.1) is 6.92 Å². The van der Waals surface area contributed by atoms with E-state index in [1.165, 1.54) is 24.5 Å². The Kier molecular flexibility index (Phi) is 6.77. The van der Waals surface area contributed by atoms with Crippen molar-refractivity contribution in [3.05, 3.63) is 60.6 Å². The number of anilines is 4. The molecule has 0 atom stereocenters. The first-order valence-electron chi connectivity index (χ1n) is 10.3. The van der Waals surface area contributed by atoms with Crippen LogP contribution in [0.5, 0.6) is 5.75 Å². The lowest BCUT2D eigenvalue weighted by molar-refractivity contribution is -0.0498. The van der Waals surface area contributed by atoms with Crippen LogP contribution in [-0.4, -0.2) is 58.7 Å². The van der Waals surface area contributed by atoms with Gasteiger partial charge in [0.25, 0.3) is 0 Å². The predicted octanol–water partition coefficient (Wildman–Crippen LogP) is 3.88. The van der Waals surface area contributed by atoms with Crippen LogP contribution in [0.15, 0.2) is 55.0 Å². The molecule has 3 aromatic rings. The van der Waals surface area contributed by atoms with Gasteiger partial charge in [0.2, 0.25) is 0 Å². The lowest BCUT2D eigenvalue weighted by Crippen LogP contribution is -2.50. The molecule has 172 valence electrons. The molecule has 0 radical (unpaired) electrons. The zero-order valence-electron chi connectivity index (χ0n) is 17.9. The third-order valence-electron chi connectivity index (χ3n) is 5.03. The molecule has 1 fully saturated rings. The number of aryl methyl sites for hydroxylation is 1. The number of aromatic nitrogens is 3. The molecule has 33 heavy (non-hydrogen) atoms. The van der Waals surface area contributed by atoms with Crippen molar-refractivity contribution >= 4 is 29.2 Å². The fourth-order valence-electron chi connectivity index (χ4n) is 3.42. The number of piperazine rings is 1. The normalized spacial score (nSPS) is 13.7. The molecule has 1 aliphatic rings. The van der Waals surface area contributed by atoms with E-state index in [0.29, 0.717) is 43.5 Å². The van der Waals surface area contributed by atoms with Crippen molar-refractivity contribution in [1.29, 1.82) is 0 Å². The molecule has 1 aliphatic heterocycles. The summed E-state index contributed by atoms with van der Waals surface area (Å²) in [5, 5.41) is 5.90. The van der Waals surface area contributed by atoms with E-state index < -0.39 is 6.61 Å². The van der Waals surface area contributed by atoms with E-state index in [0.717, 1.165) is 11.4 Å². The smallest absolute Gasteiger partial charge is 0.387 e. The van der Waals surface area contributed by atoms with Gasteiger partial charge in [-0.15, -0.1) is 0 Å². The van der Waals surface area contributed by atoms with Crippen molar-refractivity contribution < 1.29 is 18.3 Å². The van der Waals surface area contributed by atoms with Gasteiger partial charge < -0.3 is 25.2 Å². The Balaban J connectivity index is 1.33. The van der Waals surface area contributed by atoms with Crippen molar-refractivity contribution in [2.75, 3.05) is 41.7 Å². The lowest BCUT2D eigenvalue weighted by atomic mass is 10.3. The van der Waals surface area contributed by atoms with Crippen molar-refractivity contribution in [2.24, 2.45) is 0 Å². The number of ether oxygens (including phenoxy) is 1. The number of rotatable bonds is 6. The molecule has 2 amide bonds. The fraction of sp³-hybridized carbons (Fsp3) is 0.273. The van der Waals surface area contributed by atoms with Crippen molar-refractivity contribution in [1.82, 2.24) is 19.9 Å². The Morgan fingerprint density at radius 1 is 1.03 bits per heavy atom. The highest BCUT2D eigenvalue weighted by Crippen LogP contribution is 2.21. The molecule has 2 N–H and O–H groups in total. The van der Waals surface area contributed by atoms with Gasteiger partial charge in [-0.2, -0.15) is 8.78 Å². The molecule has 0 aliphatic carbocycles. The molecule has 2 aromatic heterocycles. The second-order valence-electron chi connectivity index (χ2n) is 7.42. The molecular weight excluding hydrogens is 432 g/mol. The number of alkyl halides is 2. The van der Waals surface area contributed by atoms with Crippen molar-refractivity contribution in [3.63, 3.8) is 0 Å². The van der Waals surface area contributed by atoms with Gasteiger partial charge in [-0.3, -0.25) is 0 Å². The maximum absolute atomic E-state index is 12.6. The SMILES string of the molecule is Cc1ccnc(Nc2cc(N3CCN(C(=O)Nc4cccc(OC(F)F)c4)CC3)ncn2)c1. The van der Waals surface area contributed by atoms with Crippen LogP contribution in [0.1, 0.15) is 5.56 Å². The molecule has 0 spiro atoms. The van der Waals surface area contributed by atoms with Crippen LogP contribution < -0.4 is 20.3 Å². The van der Waals surface area contributed by atoms with E-state index in [1.807, 2.05) is 25.1 Å². The minimum absolute atomic E-state index is 0.0124. The second-order valence-corrected chi connectivity index (χ2v) is 7.42. The Morgan fingerprint density at radius 2 is 1.82 bits per heavy atom. The topological polar surface area (TPSA) is 95.5 Å². The number of hydrogen-bond donors (Lipinski definition) is 2. The maximum Gasteiger partial charge on any atom is 0.387 e. The summed E-state index contributed by atoms with van der Waals surface area (Å²) in [6.07, 6.45) is 3.22. The van der Waals surface area contributed by atoms with Gasteiger partial charge >= 0.3 is 12.6 Å². The summed E-state index contributed by atoms with van der Waals surface area (Å²) in [5.74, 6) is 2.06. The van der Waals surface area contributed by atoms with E-state index >= 15 is 0 Å². The average Bonchev–Trinajstić information content (AvgIpc) is 2.79. The van der Waals surface area contributed by atoms with Gasteiger partial charge in [0.05, 0.1) is 0 Å². The van der Waals surface area contributed by atoms with Crippen molar-refractivity contribution in [3.8, 4) is 5.75 Å². The second kappa shape index (κ2) is 10.1. The molecular formula is C22H23F2N7O2. The summed E-state index contributed by atoms with van der Waals surface area (Å²) < 4.78 is 29.2. The van der Waals surface area contributed by atoms with E-state index in [-0.39, 0.29) is 11.8 Å². The van der Waals surface area contributed by atoms with E-state index in [4.69, 9.17) is 0 Å². The largest absolute Gasteiger partial charge is 0.435 e. The Hall–Kier alpha value is -4.02. The summed E-state index contributed by atoms with van der Waals surface area (Å²) in [5.41, 5.74) is 1.47. The molecule has 4 rings (SSSR count). The van der Waals surface area contributed by atoms with Gasteiger partial charge in [0, 0.05) is 50.2 Å². The van der Waals surface area contributed by atoms with E-state index in [1.54, 1.807) is 17.2 Å². The number of nitrogens with zero attached hydrogens (tertiary/aromatic N) is 5. The number of urea groups is 1. The molecule has 0 bridgehead atoms. The summed E-state index contributed by atoms with van der Waals surface area (Å²) in [6, 6.07) is 11.3. The molecule has 1 aromatic carbocycles. The van der Waals surface area contributed by atoms with E-state index in [9.17, 15) is 13.6 Å². The highest BCUT2D eigenvalue weighted by molar-refractivity contribution is 5.89. The van der Waals surface area contributed by atoms with Crippen LogP contribution in [-0.2, 0) is 0 Å². The number of carbonyl (C=O) groups is 1. The lowest BCUT2D eigenvalue weighted by Gasteiger charge is -2.35. The number of nitrogens with one attached hydrogen (secondary N) is 2. The maximum atomic E-state index is 12.6. The zero-order chi connectivity index (χ0) is 23.2. The molecule has 9 nitrogen and oxygen atoms in total. The standard InChI is InChI=1S/C22H23F2N7O2/c1-15-5-6-25-18(11-15)29-19-13-20(27-14-26-19)30-7-9-31(10-8-30)22(32)28-16-3-2-4-17(12-16)33-21(23)24/h2-6,11-14,21H,7-10H2,1H3,(H,28,32)(H,25,26,27,29). The van der Waals surface area contributed by atoms with Crippen molar-refractivity contribution in [2.45, 2.75) is 13.5 Å². The zero-order valence-corrected chi connectivity index (χ0v) is 17.9. The summed E-state index contributed by atoms with van der Waals surface area (Å²) >= 11 is 0. The number of halogens is 2. The number of amides is 2. The minimum atomic E-state index is -2.92. The van der Waals surface area contributed by atoms with Gasteiger partial charge in [-0.25, -0.2) is 19.7 Å². The Morgan fingerprint density at radius 3 is 2.58 bits per heavy atom. The first kappa shape index (κ1) is 22.2. The van der Waals surface area contributed by atoms with Crippen LogP contribution in [0.25, 0.3) is 0 Å². The highest BCUT2D eigenvalue weighted by Gasteiger charge is 2.22. The Bertz CT molecular complexity index is 1110. The molecule has 1 saturated heterocycles. The molecule has 3 heterocycles. The quantitative estimate of drug-likeness (QED) is 0.582. The fourth-order valence-corrected chi connectivity index (χ4v) is 3.42. The van der Waals surface area contributed by atoms with E-state index in [2.05, 4.69) is 35.2 Å². The van der Waals surface area contributed by atoms with Gasteiger partial charge in [0.15, 0.2) is 0 Å². The monoisotopic (exact) mass is 455 g/mol. The van der Waals surface area contributed by atoms with Gasteiger partial charge in [-0.05, 0) is 36.8 Å². The minimum Gasteiger partial charge on any atom is -0.435 e. The number of benzene rings is 1. The number of carbonyl (C=O) groups excluding carboxylic acids is 1. The first-order valence-corrected chi connectivity index (χ1v) is 10.3. The van der Waals surface area contributed by atoms with Gasteiger partial charge in [-0.1, -0.05) is 6.07 Å². The van der Waals surface area contributed by atoms with Crippen LogP contribution in [0.2, 0.25) is 0 Å². The molecule has 0 saturated carbocycles. The Labute approximate surface area is 189 Å². The molecule has 11 heteroatoms. The summed E-state index contributed by atoms with van der Waals surface area (Å²) in [4.78, 5) is 29.2. The first-order chi connectivity index (χ1) is 16.0. The van der Waals surface area contributed by atoms with Crippen LogP contribution in [0.4, 0.5) is 36.7 Å². The van der Waals surface area contributed by atoms with Crippen LogP contribution in [0.3, 0.4) is 0 Å². The third kappa shape index (κ3) is 6.03. The number of hydrogen-bond acceptors (Lipinski definition) is 7. The summed E-state index contributed by atoms with van der Waals surface area (Å²) in [7, 11) is 0. The predicted molar refractivity (Wildman–Crippen MR) is 120 cm³/mol. The third-order valence-corrected chi connectivity index (χ3v) is 5.03. The van der Waals surface area contributed by atoms with Crippen LogP contribution >= 0.6 is 0 Å².